The van der Waals surface area contributed by atoms with Gasteiger partial charge < -0.3 is 20.3 Å². The van der Waals surface area contributed by atoms with E-state index in [-0.39, 0.29) is 46.9 Å². The first-order valence-corrected chi connectivity index (χ1v) is 13.6. The second-order valence-corrected chi connectivity index (χ2v) is 11.1. The van der Waals surface area contributed by atoms with Gasteiger partial charge in [0.1, 0.15) is 27.7 Å². The molecule has 0 bridgehead atoms. The molecule has 6 rings (SSSR count). The van der Waals surface area contributed by atoms with E-state index in [4.69, 9.17) is 0 Å². The van der Waals surface area contributed by atoms with Crippen LogP contribution in [0.1, 0.15) is 19.3 Å². The van der Waals surface area contributed by atoms with Gasteiger partial charge in [0.05, 0.1) is 12.1 Å². The minimum atomic E-state index is -1.25. The van der Waals surface area contributed by atoms with Crippen LogP contribution in [0.5, 0.6) is 0 Å². The normalized spacial score (nSPS) is 23.9. The average Bonchev–Trinajstić information content (AvgIpc) is 3.49. The molecule has 16 heteroatoms. The molecule has 194 valence electrons. The number of carbonyl (C=O) groups is 4. The third-order valence-electron chi connectivity index (χ3n) is 6.63. The molecule has 0 spiro atoms. The fraction of sp³-hybridized carbons (Fsp3) is 0.409. The van der Waals surface area contributed by atoms with Crippen molar-refractivity contribution in [3.05, 3.63) is 39.7 Å². The minimum absolute atomic E-state index is 0. The Bertz CT molecular complexity index is 1480. The van der Waals surface area contributed by atoms with E-state index in [0.717, 1.165) is 24.6 Å². The number of fused-ring (bicyclic) bond motifs is 2. The van der Waals surface area contributed by atoms with Crippen molar-refractivity contribution in [1.29, 1.82) is 0 Å². The number of allylic oxidation sites excluding steroid dienone is 1. The average molecular weight is 568 g/mol. The molecule has 1 aliphatic carbocycles. The van der Waals surface area contributed by atoms with Crippen molar-refractivity contribution in [2.24, 2.45) is 0 Å². The van der Waals surface area contributed by atoms with Crippen LogP contribution in [0.3, 0.4) is 0 Å². The fourth-order valence-electron chi connectivity index (χ4n) is 4.75. The van der Waals surface area contributed by atoms with Crippen LogP contribution < -0.4 is 11.0 Å². The number of aromatic amines is 2. The van der Waals surface area contributed by atoms with Crippen molar-refractivity contribution in [3.8, 4) is 0 Å². The number of thioether (sulfide) groups is 2. The number of carboxylic acid groups (broad SMARTS) is 1. The number of amides is 3. The van der Waals surface area contributed by atoms with E-state index in [0.29, 0.717) is 52.1 Å². The monoisotopic (exact) mass is 567 g/mol. The number of aliphatic carboxylic acids is 1. The molecule has 2 aromatic heterocycles. The Kier molecular flexibility index (Phi) is 7.48. The summed E-state index contributed by atoms with van der Waals surface area (Å²) in [6.45, 7) is 0.633. The van der Waals surface area contributed by atoms with E-state index in [9.17, 15) is 29.1 Å². The summed E-state index contributed by atoms with van der Waals surface area (Å²) in [5.41, 5.74) is 1.06. The van der Waals surface area contributed by atoms with E-state index in [1.165, 1.54) is 23.0 Å². The van der Waals surface area contributed by atoms with Crippen molar-refractivity contribution >= 4 is 87.9 Å². The molecule has 2 aromatic rings. The van der Waals surface area contributed by atoms with Crippen molar-refractivity contribution in [2.45, 2.75) is 41.7 Å². The first-order valence-electron chi connectivity index (χ1n) is 11.6. The van der Waals surface area contributed by atoms with Gasteiger partial charge in [-0.1, -0.05) is 11.8 Å². The van der Waals surface area contributed by atoms with Crippen LogP contribution in [-0.2, 0) is 19.2 Å². The van der Waals surface area contributed by atoms with Crippen LogP contribution in [0.4, 0.5) is 0 Å². The molecule has 3 amide bonds. The molecular formula is C22H22N7NaO6S2. The number of aromatic nitrogens is 4. The zero-order valence-electron chi connectivity index (χ0n) is 19.2. The summed E-state index contributed by atoms with van der Waals surface area (Å²) >= 11 is 2.36. The van der Waals surface area contributed by atoms with Gasteiger partial charge in [-0.3, -0.25) is 24.3 Å². The molecule has 0 radical (unpaired) electrons. The Labute approximate surface area is 245 Å². The molecule has 0 unspecified atom stereocenters. The zero-order chi connectivity index (χ0) is 25.8. The number of carboxylic acids is 1. The number of imidazole rings is 1. The molecule has 5 heterocycles. The van der Waals surface area contributed by atoms with E-state index < -0.39 is 34.9 Å². The van der Waals surface area contributed by atoms with E-state index in [1.54, 1.807) is 6.08 Å². The number of likely N-dealkylation sites (tertiary alicyclic amines) is 1. The number of nitrogens with one attached hydrogen (secondary N) is 3. The number of H-pyrrole nitrogens is 2. The summed E-state index contributed by atoms with van der Waals surface area (Å²) in [6, 6.07) is -0.584. The van der Waals surface area contributed by atoms with Crippen LogP contribution >= 0.6 is 23.5 Å². The molecule has 1 saturated carbocycles. The number of hydrogen-bond acceptors (Lipinski definition) is 9. The quantitative estimate of drug-likeness (QED) is 0.108. The Hall–Kier alpha value is -2.59. The van der Waals surface area contributed by atoms with Crippen molar-refractivity contribution in [1.82, 2.24) is 35.1 Å². The maximum absolute atomic E-state index is 12.9. The number of β-lactam (4-membered cyclic amide) rings is 1. The van der Waals surface area contributed by atoms with E-state index in [1.807, 2.05) is 4.90 Å². The van der Waals surface area contributed by atoms with Gasteiger partial charge in [0.2, 0.25) is 11.8 Å². The number of nitrogens with zero attached hydrogens (tertiary/aromatic N) is 4. The van der Waals surface area contributed by atoms with Crippen molar-refractivity contribution < 1.29 is 24.3 Å². The summed E-state index contributed by atoms with van der Waals surface area (Å²) in [5.74, 6) is -2.10. The van der Waals surface area contributed by atoms with Gasteiger partial charge in [0.25, 0.3) is 5.91 Å². The van der Waals surface area contributed by atoms with Gasteiger partial charge in [0.15, 0.2) is 5.65 Å². The van der Waals surface area contributed by atoms with E-state index in [2.05, 4.69) is 25.3 Å². The van der Waals surface area contributed by atoms with Crippen molar-refractivity contribution in [3.63, 3.8) is 0 Å². The third-order valence-corrected chi connectivity index (χ3v) is 8.91. The topological polar surface area (TPSA) is 181 Å². The van der Waals surface area contributed by atoms with Crippen LogP contribution in [0, 0.1) is 0 Å². The van der Waals surface area contributed by atoms with Crippen LogP contribution in [0.25, 0.3) is 11.2 Å². The van der Waals surface area contributed by atoms with Gasteiger partial charge in [-0.05, 0) is 30.9 Å². The van der Waals surface area contributed by atoms with Crippen molar-refractivity contribution in [2.75, 3.05) is 18.1 Å². The van der Waals surface area contributed by atoms with E-state index >= 15 is 0 Å². The molecule has 38 heavy (non-hydrogen) atoms. The zero-order valence-corrected chi connectivity index (χ0v) is 20.9. The number of rotatable bonds is 7. The summed E-state index contributed by atoms with van der Waals surface area (Å²) in [4.78, 5) is 78.2. The molecule has 0 aromatic carbocycles. The van der Waals surface area contributed by atoms with Crippen LogP contribution in [-0.4, -0.2) is 124 Å². The summed E-state index contributed by atoms with van der Waals surface area (Å²) in [7, 11) is 0. The Morgan fingerprint density at radius 2 is 2.08 bits per heavy atom. The fourth-order valence-corrected chi connectivity index (χ4v) is 6.85. The van der Waals surface area contributed by atoms with Crippen LogP contribution in [0.2, 0.25) is 0 Å². The second-order valence-electron chi connectivity index (χ2n) is 9.05. The van der Waals surface area contributed by atoms with Crippen LogP contribution in [0.15, 0.2) is 39.1 Å². The molecular weight excluding hydrogens is 545 g/mol. The molecule has 4 N–H and O–H groups in total. The predicted molar refractivity (Wildman–Crippen MR) is 140 cm³/mol. The molecule has 4 aliphatic rings. The SMILES string of the molecule is O=C(CSc1nc(=O)[nH]c2nc[nH]c12)N[C@@H]1C(=O)N2C(C(=O)O)=C(/C=C3\CCN(C4CC4)C3=O)CS[C@H]12.[NaH]. The standard InChI is InChI=1S/C22H21N7O6S2.Na.H/c30-12(7-36-17-13-16(24-8-23-13)26-22(35)27-17)25-14-19(32)29-15(21(33)34)10(6-37-20(14)29)5-9-3-4-28(18(9)31)11-1-2-11;;/h5,8,11,14,20H,1-4,6-7H2,(H,25,30)(H,33,34)(H2,23,24,26,27,35);;/b9-5+;;/t14-,20-;;/m1../s1. The number of carbonyl (C=O) groups excluding carboxylic acids is 3. The predicted octanol–water partition coefficient (Wildman–Crippen LogP) is -0.850. The molecule has 3 fully saturated rings. The molecule has 2 atom stereocenters. The Morgan fingerprint density at radius 3 is 2.82 bits per heavy atom. The van der Waals surface area contributed by atoms with Gasteiger partial charge in [-0.25, -0.2) is 14.6 Å². The first kappa shape index (κ1) is 27.0. The summed E-state index contributed by atoms with van der Waals surface area (Å²) in [6.07, 6.45) is 5.58. The Morgan fingerprint density at radius 1 is 1.29 bits per heavy atom. The summed E-state index contributed by atoms with van der Waals surface area (Å²) in [5, 5.41) is 12.3. The van der Waals surface area contributed by atoms with Gasteiger partial charge in [-0.2, -0.15) is 4.98 Å². The maximum atomic E-state index is 12.9. The summed E-state index contributed by atoms with van der Waals surface area (Å²) < 4.78 is 0. The molecule has 3 aliphatic heterocycles. The van der Waals surface area contributed by atoms with Gasteiger partial charge in [-0.15, -0.1) is 11.8 Å². The Balaban J connectivity index is 0.00000294. The van der Waals surface area contributed by atoms with Gasteiger partial charge >= 0.3 is 41.2 Å². The number of hydrogen-bond donors (Lipinski definition) is 4. The molecule has 13 nitrogen and oxygen atoms in total. The molecule has 2 saturated heterocycles. The first-order chi connectivity index (χ1) is 17.8. The van der Waals surface area contributed by atoms with Gasteiger partial charge in [0, 0.05) is 23.9 Å². The second kappa shape index (κ2) is 10.5. The third kappa shape index (κ3) is 4.81.